The van der Waals surface area contributed by atoms with Gasteiger partial charge in [-0.15, -0.1) is 0 Å². The van der Waals surface area contributed by atoms with Crippen molar-refractivity contribution in [3.05, 3.63) is 18.1 Å². The molecule has 1 saturated heterocycles. The molecule has 0 bridgehead atoms. The van der Waals surface area contributed by atoms with Gasteiger partial charge in [-0.05, 0) is 18.9 Å². The zero-order valence-electron chi connectivity index (χ0n) is 13.5. The fourth-order valence-electron chi connectivity index (χ4n) is 2.42. The highest BCUT2D eigenvalue weighted by molar-refractivity contribution is 5.82. The number of nitrogens with zero attached hydrogens (tertiary/aromatic N) is 3. The highest BCUT2D eigenvalue weighted by Gasteiger charge is 2.32. The van der Waals surface area contributed by atoms with Crippen LogP contribution >= 0.6 is 0 Å². The van der Waals surface area contributed by atoms with Crippen molar-refractivity contribution in [2.45, 2.75) is 51.2 Å². The minimum atomic E-state index is -0.414. The molecule has 1 aromatic rings. The third kappa shape index (κ3) is 3.55. The van der Waals surface area contributed by atoms with Crippen LogP contribution < -0.4 is 10.2 Å². The smallest absolute Gasteiger partial charge is 0.251 e. The van der Waals surface area contributed by atoms with Gasteiger partial charge in [0.05, 0.1) is 13.2 Å². The van der Waals surface area contributed by atoms with Crippen LogP contribution in [-0.2, 0) is 14.9 Å². The second kappa shape index (κ2) is 5.83. The highest BCUT2D eigenvalue weighted by atomic mass is 16.5. The predicted molar refractivity (Wildman–Crippen MR) is 83.8 cm³/mol. The Bertz CT molecular complexity index is 551. The normalized spacial score (nSPS) is 22.5. The molecule has 6 heteroatoms. The van der Waals surface area contributed by atoms with Crippen LogP contribution in [0, 0.1) is 0 Å². The van der Waals surface area contributed by atoms with Gasteiger partial charge >= 0.3 is 0 Å². The third-order valence-electron chi connectivity index (χ3n) is 3.92. The van der Waals surface area contributed by atoms with Crippen LogP contribution in [0.15, 0.2) is 12.3 Å². The maximum Gasteiger partial charge on any atom is 0.251 e. The number of carbonyl (C=O) groups is 1. The number of amides is 1. The van der Waals surface area contributed by atoms with Gasteiger partial charge < -0.3 is 15.0 Å². The molecule has 0 spiro atoms. The number of ether oxygens (including phenoxy) is 1. The van der Waals surface area contributed by atoms with Crippen molar-refractivity contribution in [3.63, 3.8) is 0 Å². The molecule has 1 N–H and O–H groups in total. The molecule has 1 amide bonds. The number of morpholine rings is 1. The molecule has 0 radical (unpaired) electrons. The number of hydrogen-bond donors (Lipinski definition) is 1. The first-order chi connectivity index (χ1) is 10.4. The minimum absolute atomic E-state index is 0.00250. The number of hydrogen-bond acceptors (Lipinski definition) is 5. The fraction of sp³-hybridized carbons (Fsp3) is 0.688. The third-order valence-corrected chi connectivity index (χ3v) is 3.92. The van der Waals surface area contributed by atoms with Crippen LogP contribution in [0.3, 0.4) is 0 Å². The summed E-state index contributed by atoms with van der Waals surface area (Å²) in [6.45, 7) is 8.11. The lowest BCUT2D eigenvalue weighted by molar-refractivity contribution is -0.133. The van der Waals surface area contributed by atoms with E-state index in [4.69, 9.17) is 4.74 Å². The van der Waals surface area contributed by atoms with Crippen LogP contribution in [0.4, 0.5) is 5.82 Å². The van der Waals surface area contributed by atoms with Crippen molar-refractivity contribution in [3.8, 4) is 0 Å². The summed E-state index contributed by atoms with van der Waals surface area (Å²) in [5, 5.41) is 3.01. The monoisotopic (exact) mass is 304 g/mol. The van der Waals surface area contributed by atoms with Crippen LogP contribution in [-0.4, -0.2) is 47.7 Å². The van der Waals surface area contributed by atoms with Gasteiger partial charge in [0.1, 0.15) is 11.6 Å². The molecule has 6 nitrogen and oxygen atoms in total. The molecule has 0 aromatic carbocycles. The summed E-state index contributed by atoms with van der Waals surface area (Å²) >= 11 is 0. The topological polar surface area (TPSA) is 67.4 Å². The molecule has 120 valence electrons. The van der Waals surface area contributed by atoms with E-state index >= 15 is 0 Å². The second-order valence-corrected chi connectivity index (χ2v) is 7.08. The average Bonchev–Trinajstić information content (AvgIpc) is 3.31. The lowest BCUT2D eigenvalue weighted by Crippen LogP contribution is -2.50. The summed E-state index contributed by atoms with van der Waals surface area (Å²) in [4.78, 5) is 23.3. The van der Waals surface area contributed by atoms with Crippen molar-refractivity contribution >= 4 is 11.7 Å². The number of nitrogens with one attached hydrogen (secondary N) is 1. The van der Waals surface area contributed by atoms with E-state index in [0.717, 1.165) is 31.0 Å². The summed E-state index contributed by atoms with van der Waals surface area (Å²) in [5.41, 5.74) is -0.0922. The van der Waals surface area contributed by atoms with Gasteiger partial charge in [-0.2, -0.15) is 0 Å². The molecule has 2 heterocycles. The van der Waals surface area contributed by atoms with Gasteiger partial charge in [0.2, 0.25) is 0 Å². The molecule has 1 saturated carbocycles. The van der Waals surface area contributed by atoms with E-state index in [1.807, 2.05) is 6.07 Å². The largest absolute Gasteiger partial charge is 0.365 e. The van der Waals surface area contributed by atoms with Gasteiger partial charge in [-0.1, -0.05) is 20.8 Å². The Kier molecular flexibility index (Phi) is 4.04. The van der Waals surface area contributed by atoms with E-state index in [9.17, 15) is 4.79 Å². The summed E-state index contributed by atoms with van der Waals surface area (Å²) in [6.07, 6.45) is 3.55. The maximum absolute atomic E-state index is 12.2. The highest BCUT2D eigenvalue weighted by Crippen LogP contribution is 2.22. The Morgan fingerprint density at radius 1 is 1.41 bits per heavy atom. The van der Waals surface area contributed by atoms with E-state index in [2.05, 4.69) is 41.0 Å². The van der Waals surface area contributed by atoms with E-state index in [-0.39, 0.29) is 11.3 Å². The second-order valence-electron chi connectivity index (χ2n) is 7.08. The summed E-state index contributed by atoms with van der Waals surface area (Å²) in [7, 11) is 0. The van der Waals surface area contributed by atoms with Gasteiger partial charge in [0.25, 0.3) is 5.91 Å². The zero-order chi connectivity index (χ0) is 15.7. The molecular formula is C16H24N4O2. The van der Waals surface area contributed by atoms with Crippen LogP contribution in [0.25, 0.3) is 0 Å². The Hall–Kier alpha value is -1.69. The van der Waals surface area contributed by atoms with Crippen molar-refractivity contribution in [1.82, 2.24) is 15.3 Å². The van der Waals surface area contributed by atoms with E-state index < -0.39 is 6.10 Å². The first-order valence-electron chi connectivity index (χ1n) is 7.94. The first kappa shape index (κ1) is 15.2. The summed E-state index contributed by atoms with van der Waals surface area (Å²) in [5.74, 6) is 1.68. The standard InChI is InChI=1S/C16H24N4O2/c1-16(2,3)15-17-7-6-13(19-15)20-8-9-22-12(10-20)14(21)18-11-4-5-11/h6-7,11-12H,4-5,8-10H2,1-3H3,(H,18,21). The molecule has 1 atom stereocenters. The lowest BCUT2D eigenvalue weighted by Gasteiger charge is -2.33. The molecule has 1 unspecified atom stereocenters. The number of anilines is 1. The van der Waals surface area contributed by atoms with Crippen molar-refractivity contribution in [2.75, 3.05) is 24.6 Å². The Balaban J connectivity index is 1.70. The summed E-state index contributed by atoms with van der Waals surface area (Å²) < 4.78 is 5.62. The lowest BCUT2D eigenvalue weighted by atomic mass is 9.96. The van der Waals surface area contributed by atoms with E-state index in [1.165, 1.54) is 0 Å². The van der Waals surface area contributed by atoms with Gasteiger partial charge in [0.15, 0.2) is 6.10 Å². The molecular weight excluding hydrogens is 280 g/mol. The Morgan fingerprint density at radius 2 is 2.18 bits per heavy atom. The molecule has 1 aromatic heterocycles. The van der Waals surface area contributed by atoms with Crippen molar-refractivity contribution in [2.24, 2.45) is 0 Å². The number of carbonyl (C=O) groups excluding carboxylic acids is 1. The molecule has 1 aliphatic heterocycles. The summed E-state index contributed by atoms with van der Waals surface area (Å²) in [6, 6.07) is 2.26. The zero-order valence-corrected chi connectivity index (χ0v) is 13.5. The minimum Gasteiger partial charge on any atom is -0.365 e. The molecule has 3 rings (SSSR count). The SMILES string of the molecule is CC(C)(C)c1nccc(N2CCOC(C(=O)NC3CC3)C2)n1. The van der Waals surface area contributed by atoms with Gasteiger partial charge in [-0.3, -0.25) is 4.79 Å². The van der Waals surface area contributed by atoms with Gasteiger partial charge in [-0.25, -0.2) is 9.97 Å². The van der Waals surface area contributed by atoms with Crippen LogP contribution in [0.5, 0.6) is 0 Å². The molecule has 2 fully saturated rings. The van der Waals surface area contributed by atoms with Crippen molar-refractivity contribution < 1.29 is 9.53 Å². The average molecular weight is 304 g/mol. The van der Waals surface area contributed by atoms with Crippen molar-refractivity contribution in [1.29, 1.82) is 0 Å². The quantitative estimate of drug-likeness (QED) is 0.910. The Labute approximate surface area is 131 Å². The van der Waals surface area contributed by atoms with Crippen LogP contribution in [0.1, 0.15) is 39.4 Å². The first-order valence-corrected chi connectivity index (χ1v) is 7.94. The van der Waals surface area contributed by atoms with E-state index in [1.54, 1.807) is 6.20 Å². The van der Waals surface area contributed by atoms with E-state index in [0.29, 0.717) is 19.2 Å². The predicted octanol–water partition coefficient (Wildman–Crippen LogP) is 1.26. The maximum atomic E-state index is 12.2. The number of rotatable bonds is 3. The van der Waals surface area contributed by atoms with Gasteiger partial charge in [0, 0.05) is 24.2 Å². The Morgan fingerprint density at radius 3 is 2.86 bits per heavy atom. The molecule has 22 heavy (non-hydrogen) atoms. The molecule has 1 aliphatic carbocycles. The number of aromatic nitrogens is 2. The van der Waals surface area contributed by atoms with Crippen LogP contribution in [0.2, 0.25) is 0 Å². The fourth-order valence-corrected chi connectivity index (χ4v) is 2.42. The molecule has 2 aliphatic rings.